The molecule has 1 heterocycles. The van der Waals surface area contributed by atoms with E-state index in [1.54, 1.807) is 25.7 Å². The van der Waals surface area contributed by atoms with Crippen LogP contribution in [0.4, 0.5) is 4.79 Å². The number of likely N-dealkylation sites (tertiary alicyclic amines) is 1. The first-order chi connectivity index (χ1) is 9.69. The van der Waals surface area contributed by atoms with Crippen LogP contribution in [-0.4, -0.2) is 52.7 Å². The van der Waals surface area contributed by atoms with Crippen LogP contribution in [0.3, 0.4) is 0 Å². The summed E-state index contributed by atoms with van der Waals surface area (Å²) in [6.45, 7) is 6.35. The topological polar surface area (TPSA) is 95.9 Å². The number of piperidine rings is 1. The monoisotopic (exact) mass is 300 g/mol. The van der Waals surface area contributed by atoms with E-state index in [1.807, 2.05) is 0 Å². The lowest BCUT2D eigenvalue weighted by Crippen LogP contribution is -2.47. The number of ether oxygens (including phenoxy) is 1. The Labute approximate surface area is 124 Å². The van der Waals surface area contributed by atoms with Gasteiger partial charge in [0.2, 0.25) is 5.91 Å². The Bertz CT molecular complexity index is 397. The van der Waals surface area contributed by atoms with E-state index in [-0.39, 0.29) is 12.3 Å². The minimum absolute atomic E-state index is 0.252. The lowest BCUT2D eigenvalue weighted by molar-refractivity contribution is -0.143. The molecule has 0 bridgehead atoms. The molecule has 0 spiro atoms. The van der Waals surface area contributed by atoms with Crippen molar-refractivity contribution >= 4 is 18.0 Å². The lowest BCUT2D eigenvalue weighted by Gasteiger charge is -2.28. The van der Waals surface area contributed by atoms with Gasteiger partial charge < -0.3 is 20.1 Å². The molecule has 0 unspecified atom stereocenters. The maximum absolute atomic E-state index is 12.1. The van der Waals surface area contributed by atoms with Crippen molar-refractivity contribution in [2.24, 2.45) is 0 Å². The average molecular weight is 300 g/mol. The molecular weight excluding hydrogens is 276 g/mol. The van der Waals surface area contributed by atoms with Gasteiger partial charge in [0, 0.05) is 13.1 Å². The van der Waals surface area contributed by atoms with E-state index in [9.17, 15) is 14.4 Å². The largest absolute Gasteiger partial charge is 0.480 e. The molecule has 7 heteroatoms. The molecule has 1 fully saturated rings. The van der Waals surface area contributed by atoms with Gasteiger partial charge in [-0.2, -0.15) is 0 Å². The lowest BCUT2D eigenvalue weighted by atomic mass is 10.1. The Morgan fingerprint density at radius 3 is 2.24 bits per heavy atom. The molecule has 1 aliphatic rings. The number of carbonyl (C=O) groups is 3. The SMILES string of the molecule is CC(C)(C)OC(=O)N[C@H](CC(=O)N1CCCCC1)C(=O)O. The van der Waals surface area contributed by atoms with Crippen LogP contribution >= 0.6 is 0 Å². The summed E-state index contributed by atoms with van der Waals surface area (Å²) < 4.78 is 5.01. The van der Waals surface area contributed by atoms with Crippen molar-refractivity contribution in [1.82, 2.24) is 10.2 Å². The number of carboxylic acids is 1. The average Bonchev–Trinajstić information content (AvgIpc) is 2.36. The second kappa shape index (κ2) is 7.28. The summed E-state index contributed by atoms with van der Waals surface area (Å²) in [4.78, 5) is 36.5. The number of hydrogen-bond acceptors (Lipinski definition) is 4. The Kier molecular flexibility index (Phi) is 5.99. The smallest absolute Gasteiger partial charge is 0.408 e. The first kappa shape index (κ1) is 17.3. The first-order valence-corrected chi connectivity index (χ1v) is 7.19. The van der Waals surface area contributed by atoms with E-state index in [1.165, 1.54) is 0 Å². The fourth-order valence-corrected chi connectivity index (χ4v) is 2.10. The van der Waals surface area contributed by atoms with Gasteiger partial charge in [-0.1, -0.05) is 0 Å². The molecule has 21 heavy (non-hydrogen) atoms. The number of carboxylic acid groups (broad SMARTS) is 1. The van der Waals surface area contributed by atoms with Crippen molar-refractivity contribution in [2.45, 2.75) is 58.1 Å². The van der Waals surface area contributed by atoms with Crippen molar-refractivity contribution < 1.29 is 24.2 Å². The van der Waals surface area contributed by atoms with Gasteiger partial charge in [0.1, 0.15) is 11.6 Å². The normalized spacial score (nSPS) is 17.0. The van der Waals surface area contributed by atoms with Crippen LogP contribution in [0.1, 0.15) is 46.5 Å². The van der Waals surface area contributed by atoms with Gasteiger partial charge in [0.25, 0.3) is 0 Å². The number of nitrogens with zero attached hydrogens (tertiary/aromatic N) is 1. The second-order valence-corrected chi connectivity index (χ2v) is 6.18. The Morgan fingerprint density at radius 2 is 1.76 bits per heavy atom. The number of amides is 2. The molecule has 1 rings (SSSR count). The van der Waals surface area contributed by atoms with Crippen LogP contribution in [0.15, 0.2) is 0 Å². The minimum atomic E-state index is -1.27. The summed E-state index contributed by atoms with van der Waals surface area (Å²) in [6, 6.07) is -1.27. The molecule has 120 valence electrons. The number of alkyl carbamates (subject to hydrolysis) is 1. The van der Waals surface area contributed by atoms with Crippen LogP contribution in [0.5, 0.6) is 0 Å². The number of nitrogens with one attached hydrogen (secondary N) is 1. The molecule has 2 amide bonds. The van der Waals surface area contributed by atoms with Gasteiger partial charge in [-0.25, -0.2) is 9.59 Å². The summed E-state index contributed by atoms with van der Waals surface area (Å²) in [6.07, 6.45) is 1.87. The highest BCUT2D eigenvalue weighted by Gasteiger charge is 2.28. The highest BCUT2D eigenvalue weighted by molar-refractivity contribution is 5.87. The van der Waals surface area contributed by atoms with E-state index < -0.39 is 23.7 Å². The number of rotatable bonds is 4. The predicted octanol–water partition coefficient (Wildman–Crippen LogP) is 1.37. The highest BCUT2D eigenvalue weighted by atomic mass is 16.6. The van der Waals surface area contributed by atoms with Crippen molar-refractivity contribution in [3.63, 3.8) is 0 Å². The van der Waals surface area contributed by atoms with E-state index in [2.05, 4.69) is 5.32 Å². The number of hydrogen-bond donors (Lipinski definition) is 2. The van der Waals surface area contributed by atoms with Crippen molar-refractivity contribution in [3.05, 3.63) is 0 Å². The van der Waals surface area contributed by atoms with Crippen molar-refractivity contribution in [3.8, 4) is 0 Å². The molecule has 1 aliphatic heterocycles. The third kappa shape index (κ3) is 6.46. The highest BCUT2D eigenvalue weighted by Crippen LogP contribution is 2.12. The standard InChI is InChI=1S/C14H24N2O5/c1-14(2,3)21-13(20)15-10(12(18)19)9-11(17)16-7-5-4-6-8-16/h10H,4-9H2,1-3H3,(H,15,20)(H,18,19)/t10-/m1/s1. The van der Waals surface area contributed by atoms with E-state index in [4.69, 9.17) is 9.84 Å². The van der Waals surface area contributed by atoms with E-state index in [0.29, 0.717) is 13.1 Å². The summed E-state index contributed by atoms with van der Waals surface area (Å²) in [5, 5.41) is 11.4. The number of aliphatic carboxylic acids is 1. The fourth-order valence-electron chi connectivity index (χ4n) is 2.10. The zero-order chi connectivity index (χ0) is 16.0. The van der Waals surface area contributed by atoms with Crippen molar-refractivity contribution in [1.29, 1.82) is 0 Å². The number of carbonyl (C=O) groups excluding carboxylic acids is 2. The summed E-state index contributed by atoms with van der Waals surface area (Å²) in [7, 11) is 0. The predicted molar refractivity (Wildman–Crippen MR) is 75.8 cm³/mol. The molecule has 0 aliphatic carbocycles. The van der Waals surface area contributed by atoms with Gasteiger partial charge in [0.15, 0.2) is 0 Å². The summed E-state index contributed by atoms with van der Waals surface area (Å²) >= 11 is 0. The Balaban J connectivity index is 2.55. The summed E-state index contributed by atoms with van der Waals surface area (Å²) in [5.41, 5.74) is -0.718. The molecule has 0 aromatic rings. The molecular formula is C14H24N2O5. The Morgan fingerprint density at radius 1 is 1.19 bits per heavy atom. The van der Waals surface area contributed by atoms with E-state index >= 15 is 0 Å². The van der Waals surface area contributed by atoms with Crippen molar-refractivity contribution in [2.75, 3.05) is 13.1 Å². The molecule has 1 saturated heterocycles. The van der Waals surface area contributed by atoms with E-state index in [0.717, 1.165) is 19.3 Å². The van der Waals surface area contributed by atoms with Crippen LogP contribution in [0, 0.1) is 0 Å². The second-order valence-electron chi connectivity index (χ2n) is 6.18. The summed E-state index contributed by atoms with van der Waals surface area (Å²) in [5.74, 6) is -1.50. The zero-order valence-corrected chi connectivity index (χ0v) is 12.8. The van der Waals surface area contributed by atoms with Crippen LogP contribution in [0.2, 0.25) is 0 Å². The van der Waals surface area contributed by atoms with Gasteiger partial charge in [-0.15, -0.1) is 0 Å². The third-order valence-corrected chi connectivity index (χ3v) is 3.08. The molecule has 0 radical (unpaired) electrons. The van der Waals surface area contributed by atoms with Crippen LogP contribution < -0.4 is 5.32 Å². The fraction of sp³-hybridized carbons (Fsp3) is 0.786. The van der Waals surface area contributed by atoms with Gasteiger partial charge in [0.05, 0.1) is 6.42 Å². The zero-order valence-electron chi connectivity index (χ0n) is 12.8. The van der Waals surface area contributed by atoms with Gasteiger partial charge in [-0.3, -0.25) is 4.79 Å². The minimum Gasteiger partial charge on any atom is -0.480 e. The third-order valence-electron chi connectivity index (χ3n) is 3.08. The Hall–Kier alpha value is -1.79. The molecule has 7 nitrogen and oxygen atoms in total. The molecule has 1 atom stereocenters. The molecule has 0 saturated carbocycles. The van der Waals surface area contributed by atoms with Gasteiger partial charge in [-0.05, 0) is 40.0 Å². The van der Waals surface area contributed by atoms with Crippen LogP contribution in [-0.2, 0) is 14.3 Å². The first-order valence-electron chi connectivity index (χ1n) is 7.19. The van der Waals surface area contributed by atoms with Crippen LogP contribution in [0.25, 0.3) is 0 Å². The maximum atomic E-state index is 12.1. The molecule has 0 aromatic carbocycles. The molecule has 2 N–H and O–H groups in total. The molecule has 0 aromatic heterocycles. The quantitative estimate of drug-likeness (QED) is 0.817. The van der Waals surface area contributed by atoms with Gasteiger partial charge >= 0.3 is 12.1 Å². The maximum Gasteiger partial charge on any atom is 0.408 e.